The molecule has 2 rings (SSSR count). The van der Waals surface area contributed by atoms with Crippen LogP contribution in [0.5, 0.6) is 0 Å². The van der Waals surface area contributed by atoms with E-state index in [-0.39, 0.29) is 0 Å². The molecule has 2 aromatic heterocycles. The molecule has 0 aliphatic heterocycles. The summed E-state index contributed by atoms with van der Waals surface area (Å²) in [5.74, 6) is 1.54. The van der Waals surface area contributed by atoms with Gasteiger partial charge in [-0.25, -0.2) is 19.9 Å². The Morgan fingerprint density at radius 3 is 2.43 bits per heavy atom. The van der Waals surface area contributed by atoms with E-state index in [1.165, 1.54) is 12.8 Å². The number of nitrogens with one attached hydrogen (secondary N) is 1. The fourth-order valence-electron chi connectivity index (χ4n) is 2.29. The number of aromatic nitrogens is 4. The minimum absolute atomic E-state index is 0.366. The van der Waals surface area contributed by atoms with Crippen LogP contribution in [0.15, 0.2) is 6.33 Å². The number of anilines is 1. The summed E-state index contributed by atoms with van der Waals surface area (Å²) in [7, 11) is 0. The topological polar surface area (TPSA) is 63.6 Å². The zero-order valence-electron chi connectivity index (χ0n) is 13.6. The van der Waals surface area contributed by atoms with Crippen molar-refractivity contribution in [3.8, 4) is 0 Å². The van der Waals surface area contributed by atoms with Crippen molar-refractivity contribution in [1.29, 1.82) is 0 Å². The average molecular weight is 287 g/mol. The summed E-state index contributed by atoms with van der Waals surface area (Å²) < 4.78 is 0. The van der Waals surface area contributed by atoms with Gasteiger partial charge in [0, 0.05) is 6.04 Å². The lowest BCUT2D eigenvalue weighted by molar-refractivity contribution is 0.520. The minimum Gasteiger partial charge on any atom is -0.366 e. The molecule has 0 fully saturated rings. The summed E-state index contributed by atoms with van der Waals surface area (Å²) >= 11 is 0. The van der Waals surface area contributed by atoms with Crippen LogP contribution < -0.4 is 5.32 Å². The van der Waals surface area contributed by atoms with E-state index >= 15 is 0 Å². The van der Waals surface area contributed by atoms with Crippen molar-refractivity contribution in [1.82, 2.24) is 19.9 Å². The summed E-state index contributed by atoms with van der Waals surface area (Å²) in [6.45, 7) is 10.6. The number of hydrogen-bond donors (Lipinski definition) is 1. The van der Waals surface area contributed by atoms with Gasteiger partial charge in [0.05, 0.1) is 11.4 Å². The molecule has 1 atom stereocenters. The molecule has 0 unspecified atom stereocenters. The minimum atomic E-state index is 0.366. The molecule has 21 heavy (non-hydrogen) atoms. The summed E-state index contributed by atoms with van der Waals surface area (Å²) in [5.41, 5.74) is 3.26. The molecule has 0 aliphatic carbocycles. The van der Waals surface area contributed by atoms with Crippen LogP contribution in [0.1, 0.15) is 51.4 Å². The van der Waals surface area contributed by atoms with Gasteiger partial charge in [-0.1, -0.05) is 26.7 Å². The molecule has 0 radical (unpaired) electrons. The Morgan fingerprint density at radius 1 is 1.00 bits per heavy atom. The Hall–Kier alpha value is -1.78. The van der Waals surface area contributed by atoms with Crippen LogP contribution in [-0.2, 0) is 0 Å². The van der Waals surface area contributed by atoms with Gasteiger partial charge in [0.1, 0.15) is 6.33 Å². The third-order valence-corrected chi connectivity index (χ3v) is 3.68. The van der Waals surface area contributed by atoms with Gasteiger partial charge in [-0.15, -0.1) is 0 Å². The first-order valence-corrected chi connectivity index (χ1v) is 7.70. The first kappa shape index (κ1) is 15.6. The lowest BCUT2D eigenvalue weighted by Gasteiger charge is -2.16. The Labute approximate surface area is 126 Å². The predicted molar refractivity (Wildman–Crippen MR) is 86.4 cm³/mol. The lowest BCUT2D eigenvalue weighted by atomic mass is 10.0. The Balaban J connectivity index is 2.13. The van der Waals surface area contributed by atoms with Crippen LogP contribution >= 0.6 is 0 Å². The standard InChI is InChI=1S/C16H25N5/c1-10(2)7-6-8-11(3)19-15-14-16(18-9-17-15)21-13(5)12(4)20-14/h9-11H,6-8H2,1-5H3,(H,17,18,19,21)/t11-/m0/s1. The highest BCUT2D eigenvalue weighted by molar-refractivity contribution is 5.82. The maximum Gasteiger partial charge on any atom is 0.183 e. The van der Waals surface area contributed by atoms with E-state index in [2.05, 4.69) is 46.0 Å². The third kappa shape index (κ3) is 4.09. The van der Waals surface area contributed by atoms with Gasteiger partial charge in [-0.3, -0.25) is 0 Å². The number of fused-ring (bicyclic) bond motifs is 1. The highest BCUT2D eigenvalue weighted by Crippen LogP contribution is 2.19. The second kappa shape index (κ2) is 6.78. The van der Waals surface area contributed by atoms with Gasteiger partial charge in [0.25, 0.3) is 0 Å². The Bertz CT molecular complexity index is 609. The average Bonchev–Trinajstić information content (AvgIpc) is 2.40. The van der Waals surface area contributed by atoms with E-state index in [9.17, 15) is 0 Å². The predicted octanol–water partition coefficient (Wildman–Crippen LogP) is 3.66. The van der Waals surface area contributed by atoms with Crippen molar-refractivity contribution < 1.29 is 0 Å². The van der Waals surface area contributed by atoms with Crippen LogP contribution in [0.3, 0.4) is 0 Å². The van der Waals surface area contributed by atoms with Gasteiger partial charge in [-0.05, 0) is 33.1 Å². The van der Waals surface area contributed by atoms with Crippen molar-refractivity contribution in [3.05, 3.63) is 17.7 Å². The molecule has 0 aliphatic rings. The monoisotopic (exact) mass is 287 g/mol. The number of nitrogens with zero attached hydrogens (tertiary/aromatic N) is 4. The molecule has 0 bridgehead atoms. The summed E-state index contributed by atoms with van der Waals surface area (Å²) in [6.07, 6.45) is 5.16. The Morgan fingerprint density at radius 2 is 1.71 bits per heavy atom. The number of rotatable bonds is 6. The van der Waals surface area contributed by atoms with Crippen molar-refractivity contribution in [2.24, 2.45) is 5.92 Å². The highest BCUT2D eigenvalue weighted by Gasteiger charge is 2.11. The quantitative estimate of drug-likeness (QED) is 0.878. The SMILES string of the molecule is Cc1nc2ncnc(N[C@@H](C)CCCC(C)C)c2nc1C. The first-order chi connectivity index (χ1) is 9.97. The van der Waals surface area contributed by atoms with Gasteiger partial charge < -0.3 is 5.32 Å². The molecule has 114 valence electrons. The second-order valence-electron chi connectivity index (χ2n) is 6.16. The van der Waals surface area contributed by atoms with E-state index in [4.69, 9.17) is 0 Å². The maximum absolute atomic E-state index is 4.59. The van der Waals surface area contributed by atoms with E-state index in [1.54, 1.807) is 6.33 Å². The van der Waals surface area contributed by atoms with E-state index < -0.39 is 0 Å². The van der Waals surface area contributed by atoms with Crippen LogP contribution in [0.25, 0.3) is 11.2 Å². The molecule has 0 saturated heterocycles. The van der Waals surface area contributed by atoms with Gasteiger partial charge in [0.2, 0.25) is 0 Å². The van der Waals surface area contributed by atoms with E-state index in [1.807, 2.05) is 13.8 Å². The first-order valence-electron chi connectivity index (χ1n) is 7.70. The second-order valence-corrected chi connectivity index (χ2v) is 6.16. The molecule has 5 nitrogen and oxygen atoms in total. The smallest absolute Gasteiger partial charge is 0.183 e. The van der Waals surface area contributed by atoms with Crippen LogP contribution in [0, 0.1) is 19.8 Å². The molecule has 0 amide bonds. The summed E-state index contributed by atoms with van der Waals surface area (Å²) in [4.78, 5) is 17.6. The molecule has 5 heteroatoms. The fourth-order valence-corrected chi connectivity index (χ4v) is 2.29. The molecular formula is C16H25N5. The van der Waals surface area contributed by atoms with Crippen molar-refractivity contribution in [2.75, 3.05) is 5.32 Å². The summed E-state index contributed by atoms with van der Waals surface area (Å²) in [5, 5.41) is 3.45. The van der Waals surface area contributed by atoms with Gasteiger partial charge >= 0.3 is 0 Å². The van der Waals surface area contributed by atoms with Crippen molar-refractivity contribution >= 4 is 17.0 Å². The highest BCUT2D eigenvalue weighted by atomic mass is 15.1. The lowest BCUT2D eigenvalue weighted by Crippen LogP contribution is -2.17. The molecule has 1 N–H and O–H groups in total. The normalized spacial score (nSPS) is 12.9. The van der Waals surface area contributed by atoms with Gasteiger partial charge in [0.15, 0.2) is 17.0 Å². The summed E-state index contributed by atoms with van der Waals surface area (Å²) in [6, 6.07) is 0.366. The molecule has 0 saturated carbocycles. The zero-order valence-corrected chi connectivity index (χ0v) is 13.6. The molecule has 0 aromatic carbocycles. The number of hydrogen-bond acceptors (Lipinski definition) is 5. The largest absolute Gasteiger partial charge is 0.366 e. The molecule has 0 spiro atoms. The van der Waals surface area contributed by atoms with E-state index in [0.717, 1.165) is 35.1 Å². The molecular weight excluding hydrogens is 262 g/mol. The molecule has 2 heterocycles. The maximum atomic E-state index is 4.59. The van der Waals surface area contributed by atoms with E-state index in [0.29, 0.717) is 11.7 Å². The van der Waals surface area contributed by atoms with Crippen LogP contribution in [0.4, 0.5) is 5.82 Å². The Kier molecular flexibility index (Phi) is 5.04. The van der Waals surface area contributed by atoms with Crippen molar-refractivity contribution in [3.63, 3.8) is 0 Å². The molecule has 2 aromatic rings. The third-order valence-electron chi connectivity index (χ3n) is 3.68. The van der Waals surface area contributed by atoms with Gasteiger partial charge in [-0.2, -0.15) is 0 Å². The van der Waals surface area contributed by atoms with Crippen molar-refractivity contribution in [2.45, 2.75) is 59.9 Å². The number of aryl methyl sites for hydroxylation is 2. The fraction of sp³-hybridized carbons (Fsp3) is 0.625. The van der Waals surface area contributed by atoms with Crippen LogP contribution in [0.2, 0.25) is 0 Å². The zero-order chi connectivity index (χ0) is 15.4. The van der Waals surface area contributed by atoms with Crippen LogP contribution in [-0.4, -0.2) is 26.0 Å².